The Morgan fingerprint density at radius 1 is 1.43 bits per heavy atom. The van der Waals surface area contributed by atoms with Gasteiger partial charge in [0.15, 0.2) is 5.82 Å². The number of carbonyl (C=O) groups excluding carboxylic acids is 1. The van der Waals surface area contributed by atoms with Gasteiger partial charge in [-0.05, 0) is 12.0 Å². The largest absolute Gasteiger partial charge is 0.352 e. The van der Waals surface area contributed by atoms with Crippen LogP contribution >= 0.6 is 11.8 Å². The minimum absolute atomic E-state index is 0.0569. The summed E-state index contributed by atoms with van der Waals surface area (Å²) in [7, 11) is 0. The fourth-order valence-corrected chi connectivity index (χ4v) is 2.33. The Labute approximate surface area is 128 Å². The Morgan fingerprint density at radius 2 is 2.19 bits per heavy atom. The highest BCUT2D eigenvalue weighted by Gasteiger charge is 2.08. The Kier molecular flexibility index (Phi) is 5.57. The van der Waals surface area contributed by atoms with Crippen LogP contribution in [0.2, 0.25) is 0 Å². The highest BCUT2D eigenvalue weighted by atomic mass is 32.2. The predicted octanol–water partition coefficient (Wildman–Crippen LogP) is 2.43. The molecular formula is C15H18N4OS. The maximum Gasteiger partial charge on any atom is 0.230 e. The van der Waals surface area contributed by atoms with Gasteiger partial charge in [0.25, 0.3) is 0 Å². The van der Waals surface area contributed by atoms with Crippen molar-refractivity contribution in [1.82, 2.24) is 20.5 Å². The molecule has 0 aliphatic carbocycles. The third kappa shape index (κ3) is 4.46. The van der Waals surface area contributed by atoms with Crippen LogP contribution in [0, 0.1) is 0 Å². The fourth-order valence-electron chi connectivity index (χ4n) is 1.71. The van der Waals surface area contributed by atoms with Gasteiger partial charge in [-0.3, -0.25) is 9.89 Å². The van der Waals surface area contributed by atoms with Crippen LogP contribution in [0.3, 0.4) is 0 Å². The van der Waals surface area contributed by atoms with Crippen LogP contribution in [0.15, 0.2) is 42.1 Å². The molecule has 2 aromatic rings. The van der Waals surface area contributed by atoms with Gasteiger partial charge in [-0.1, -0.05) is 49.0 Å². The molecule has 21 heavy (non-hydrogen) atoms. The van der Waals surface area contributed by atoms with E-state index in [4.69, 9.17) is 0 Å². The van der Waals surface area contributed by atoms with Crippen molar-refractivity contribution < 1.29 is 4.79 Å². The lowest BCUT2D eigenvalue weighted by Gasteiger charge is -1.99. The van der Waals surface area contributed by atoms with Gasteiger partial charge in [-0.25, -0.2) is 4.98 Å². The number of hydrogen-bond donors (Lipinski definition) is 2. The minimum atomic E-state index is -0.0569. The van der Waals surface area contributed by atoms with Gasteiger partial charge in [-0.15, -0.1) is 11.7 Å². The Hall–Kier alpha value is -2.08. The smallest absolute Gasteiger partial charge is 0.230 e. The van der Waals surface area contributed by atoms with E-state index in [-0.39, 0.29) is 5.91 Å². The van der Waals surface area contributed by atoms with Crippen LogP contribution in [-0.4, -0.2) is 33.4 Å². The number of aryl methyl sites for hydroxylation is 1. The molecule has 0 saturated carbocycles. The Bertz CT molecular complexity index is 606. The molecule has 0 aliphatic rings. The lowest BCUT2D eigenvalue weighted by molar-refractivity contribution is -0.118. The summed E-state index contributed by atoms with van der Waals surface area (Å²) in [4.78, 5) is 15.9. The summed E-state index contributed by atoms with van der Waals surface area (Å²) in [5, 5.41) is 10.3. The summed E-state index contributed by atoms with van der Waals surface area (Å²) in [6.07, 6.45) is 2.66. The molecule has 6 heteroatoms. The number of hydrogen-bond acceptors (Lipinski definition) is 4. The number of rotatable bonds is 7. The van der Waals surface area contributed by atoms with E-state index in [1.807, 2.05) is 12.1 Å². The number of amides is 1. The molecular weight excluding hydrogens is 284 g/mol. The molecule has 110 valence electrons. The Balaban J connectivity index is 1.94. The van der Waals surface area contributed by atoms with Crippen molar-refractivity contribution in [2.45, 2.75) is 18.5 Å². The van der Waals surface area contributed by atoms with E-state index in [9.17, 15) is 4.79 Å². The molecule has 2 N–H and O–H groups in total. The van der Waals surface area contributed by atoms with E-state index >= 15 is 0 Å². The summed E-state index contributed by atoms with van der Waals surface area (Å²) in [5.74, 6) is 0.949. The zero-order valence-corrected chi connectivity index (χ0v) is 12.7. The van der Waals surface area contributed by atoms with Crippen LogP contribution in [0.5, 0.6) is 0 Å². The van der Waals surface area contributed by atoms with Gasteiger partial charge in [0, 0.05) is 12.1 Å². The molecule has 0 bridgehead atoms. The minimum Gasteiger partial charge on any atom is -0.352 e. The van der Waals surface area contributed by atoms with Crippen molar-refractivity contribution in [3.63, 3.8) is 0 Å². The second-order valence-corrected chi connectivity index (χ2v) is 5.34. The first-order valence-electron chi connectivity index (χ1n) is 6.75. The molecule has 0 spiro atoms. The van der Waals surface area contributed by atoms with Gasteiger partial charge < -0.3 is 5.32 Å². The summed E-state index contributed by atoms with van der Waals surface area (Å²) in [6.45, 7) is 6.14. The van der Waals surface area contributed by atoms with Gasteiger partial charge in [-0.2, -0.15) is 0 Å². The number of carbonyl (C=O) groups is 1. The van der Waals surface area contributed by atoms with Crippen molar-refractivity contribution in [2.24, 2.45) is 0 Å². The molecule has 1 amide bonds. The number of nitrogens with zero attached hydrogens (tertiary/aromatic N) is 2. The Morgan fingerprint density at radius 3 is 2.86 bits per heavy atom. The van der Waals surface area contributed by atoms with E-state index in [0.29, 0.717) is 23.3 Å². The number of benzene rings is 1. The second kappa shape index (κ2) is 7.64. The quantitative estimate of drug-likeness (QED) is 0.609. The molecule has 2 rings (SSSR count). The first kappa shape index (κ1) is 15.3. The lowest BCUT2D eigenvalue weighted by Crippen LogP contribution is -2.24. The molecule has 0 saturated heterocycles. The van der Waals surface area contributed by atoms with Crippen molar-refractivity contribution in [2.75, 3.05) is 12.3 Å². The zero-order valence-electron chi connectivity index (χ0n) is 11.9. The first-order chi connectivity index (χ1) is 10.2. The van der Waals surface area contributed by atoms with Gasteiger partial charge in [0.05, 0.1) is 5.75 Å². The summed E-state index contributed by atoms with van der Waals surface area (Å²) < 4.78 is 0. The molecule has 1 aromatic heterocycles. The molecule has 0 atom stereocenters. The van der Waals surface area contributed by atoms with Crippen molar-refractivity contribution in [3.8, 4) is 11.4 Å². The molecule has 1 heterocycles. The number of thioether (sulfide) groups is 1. The topological polar surface area (TPSA) is 70.7 Å². The SMILES string of the molecule is C=CCNC(=O)CSc1n[nH]c(-c2ccc(CC)cc2)n1. The van der Waals surface area contributed by atoms with E-state index < -0.39 is 0 Å². The van der Waals surface area contributed by atoms with Crippen LogP contribution in [0.4, 0.5) is 0 Å². The average Bonchev–Trinajstić information content (AvgIpc) is 3.00. The fraction of sp³-hybridized carbons (Fsp3) is 0.267. The predicted molar refractivity (Wildman–Crippen MR) is 85.1 cm³/mol. The maximum absolute atomic E-state index is 11.5. The summed E-state index contributed by atoms with van der Waals surface area (Å²) in [5.41, 5.74) is 2.27. The highest BCUT2D eigenvalue weighted by Crippen LogP contribution is 2.19. The van der Waals surface area contributed by atoms with Crippen molar-refractivity contribution >= 4 is 17.7 Å². The summed E-state index contributed by atoms with van der Waals surface area (Å²) in [6, 6.07) is 8.19. The van der Waals surface area contributed by atoms with Crippen LogP contribution < -0.4 is 5.32 Å². The number of aromatic nitrogens is 3. The highest BCUT2D eigenvalue weighted by molar-refractivity contribution is 7.99. The lowest BCUT2D eigenvalue weighted by atomic mass is 10.1. The molecule has 5 nitrogen and oxygen atoms in total. The standard InChI is InChI=1S/C15H18N4OS/c1-3-9-16-13(20)10-21-15-17-14(18-19-15)12-7-5-11(4-2)6-8-12/h3,5-8H,1,4,9-10H2,2H3,(H,16,20)(H,17,18,19). The maximum atomic E-state index is 11.5. The second-order valence-electron chi connectivity index (χ2n) is 4.40. The van der Waals surface area contributed by atoms with E-state index in [2.05, 4.69) is 46.1 Å². The molecule has 0 radical (unpaired) electrons. The third-order valence-electron chi connectivity index (χ3n) is 2.88. The van der Waals surface area contributed by atoms with E-state index in [1.165, 1.54) is 17.3 Å². The number of aromatic amines is 1. The monoisotopic (exact) mass is 302 g/mol. The van der Waals surface area contributed by atoms with Gasteiger partial charge in [0.1, 0.15) is 0 Å². The molecule has 0 unspecified atom stereocenters. The van der Waals surface area contributed by atoms with Crippen LogP contribution in [0.25, 0.3) is 11.4 Å². The third-order valence-corrected chi connectivity index (χ3v) is 3.72. The van der Waals surface area contributed by atoms with Crippen molar-refractivity contribution in [3.05, 3.63) is 42.5 Å². The van der Waals surface area contributed by atoms with E-state index in [0.717, 1.165) is 12.0 Å². The van der Waals surface area contributed by atoms with Crippen LogP contribution in [-0.2, 0) is 11.2 Å². The van der Waals surface area contributed by atoms with Gasteiger partial charge >= 0.3 is 0 Å². The number of nitrogens with one attached hydrogen (secondary N) is 2. The first-order valence-corrected chi connectivity index (χ1v) is 7.73. The van der Waals surface area contributed by atoms with E-state index in [1.54, 1.807) is 6.08 Å². The molecule has 0 fully saturated rings. The molecule has 0 aliphatic heterocycles. The normalized spacial score (nSPS) is 10.3. The average molecular weight is 302 g/mol. The summed E-state index contributed by atoms with van der Waals surface area (Å²) >= 11 is 1.30. The number of H-pyrrole nitrogens is 1. The zero-order chi connectivity index (χ0) is 15.1. The van der Waals surface area contributed by atoms with Crippen molar-refractivity contribution in [1.29, 1.82) is 0 Å². The van der Waals surface area contributed by atoms with Gasteiger partial charge in [0.2, 0.25) is 11.1 Å². The van der Waals surface area contributed by atoms with Crippen LogP contribution in [0.1, 0.15) is 12.5 Å². The molecule has 1 aromatic carbocycles.